The SMILES string of the molecule is COc1cccc(C2=CC=CC(C3(c4ccncc4)N=C(N)N4CC(F)(F)CN=C43)C2)c1F. The molecule has 1 aliphatic carbocycles. The van der Waals surface area contributed by atoms with E-state index in [4.69, 9.17) is 15.5 Å². The zero-order valence-corrected chi connectivity index (χ0v) is 17.9. The summed E-state index contributed by atoms with van der Waals surface area (Å²) in [4.78, 5) is 14.4. The van der Waals surface area contributed by atoms with Gasteiger partial charge in [0.25, 0.3) is 5.92 Å². The number of ether oxygens (including phenoxy) is 1. The van der Waals surface area contributed by atoms with E-state index >= 15 is 4.39 Å². The van der Waals surface area contributed by atoms with Gasteiger partial charge in [0.1, 0.15) is 12.4 Å². The van der Waals surface area contributed by atoms with Crippen LogP contribution in [0.1, 0.15) is 17.5 Å². The first-order valence-corrected chi connectivity index (χ1v) is 10.5. The second kappa shape index (κ2) is 7.75. The van der Waals surface area contributed by atoms with Crippen LogP contribution in [0.4, 0.5) is 13.2 Å². The molecule has 170 valence electrons. The fourth-order valence-electron chi connectivity index (χ4n) is 4.78. The highest BCUT2D eigenvalue weighted by Crippen LogP contribution is 2.48. The number of nitrogens with two attached hydrogens (primary N) is 1. The van der Waals surface area contributed by atoms with Crippen molar-refractivity contribution in [1.82, 2.24) is 9.88 Å². The fourth-order valence-corrected chi connectivity index (χ4v) is 4.78. The van der Waals surface area contributed by atoms with E-state index in [2.05, 4.69) is 9.98 Å². The highest BCUT2D eigenvalue weighted by molar-refractivity contribution is 6.11. The zero-order valence-electron chi connectivity index (χ0n) is 17.9. The average molecular weight is 453 g/mol. The van der Waals surface area contributed by atoms with Crippen molar-refractivity contribution in [1.29, 1.82) is 0 Å². The Bertz CT molecular complexity index is 1210. The predicted octanol–water partition coefficient (Wildman–Crippen LogP) is 3.76. The number of hydrogen-bond acceptors (Lipinski definition) is 6. The minimum Gasteiger partial charge on any atom is -0.494 e. The molecule has 0 fully saturated rings. The molecule has 9 heteroatoms. The van der Waals surface area contributed by atoms with Crippen LogP contribution in [-0.4, -0.2) is 47.8 Å². The van der Waals surface area contributed by atoms with E-state index in [1.165, 1.54) is 12.0 Å². The highest BCUT2D eigenvalue weighted by Gasteiger charge is 2.55. The maximum atomic E-state index is 15.0. The molecule has 2 aliphatic heterocycles. The lowest BCUT2D eigenvalue weighted by Crippen LogP contribution is -2.54. The summed E-state index contributed by atoms with van der Waals surface area (Å²) in [5, 5.41) is 0. The number of methoxy groups -OCH3 is 1. The van der Waals surface area contributed by atoms with Crippen molar-refractivity contribution in [2.45, 2.75) is 17.9 Å². The first-order valence-electron chi connectivity index (χ1n) is 10.5. The molecule has 6 nitrogen and oxygen atoms in total. The van der Waals surface area contributed by atoms with Crippen molar-refractivity contribution in [3.8, 4) is 5.75 Å². The number of halogens is 3. The van der Waals surface area contributed by atoms with E-state index in [1.54, 1.807) is 42.7 Å². The molecule has 2 unspecified atom stereocenters. The summed E-state index contributed by atoms with van der Waals surface area (Å²) in [5.41, 5.74) is 6.92. The van der Waals surface area contributed by atoms with Crippen LogP contribution in [0.25, 0.3) is 5.57 Å². The number of allylic oxidation sites excluding steroid dienone is 3. The molecule has 3 heterocycles. The molecule has 1 aromatic carbocycles. The van der Waals surface area contributed by atoms with Crippen LogP contribution in [0.2, 0.25) is 0 Å². The maximum absolute atomic E-state index is 15.0. The van der Waals surface area contributed by atoms with Crippen molar-refractivity contribution in [3.63, 3.8) is 0 Å². The minimum absolute atomic E-state index is 0.0120. The van der Waals surface area contributed by atoms with E-state index in [0.717, 1.165) is 11.1 Å². The average Bonchev–Trinajstić information content (AvgIpc) is 3.11. The lowest BCUT2D eigenvalue weighted by molar-refractivity contribution is -0.00476. The van der Waals surface area contributed by atoms with Gasteiger partial charge in [0.2, 0.25) is 0 Å². The number of alkyl halides is 2. The quantitative estimate of drug-likeness (QED) is 0.765. The van der Waals surface area contributed by atoms with Crippen molar-refractivity contribution in [2.75, 3.05) is 20.2 Å². The van der Waals surface area contributed by atoms with Crippen LogP contribution < -0.4 is 10.5 Å². The Kier molecular flexibility index (Phi) is 4.99. The van der Waals surface area contributed by atoms with Gasteiger partial charge in [0, 0.05) is 23.9 Å². The minimum atomic E-state index is -3.00. The van der Waals surface area contributed by atoms with Crippen LogP contribution in [0.5, 0.6) is 5.75 Å². The number of aliphatic imine (C=N–C) groups is 2. The summed E-state index contributed by atoms with van der Waals surface area (Å²) in [5.74, 6) is -3.30. The Labute approximate surface area is 189 Å². The molecule has 0 saturated heterocycles. The maximum Gasteiger partial charge on any atom is 0.284 e. The van der Waals surface area contributed by atoms with E-state index in [0.29, 0.717) is 17.8 Å². The molecule has 0 spiro atoms. The number of pyridine rings is 1. The largest absolute Gasteiger partial charge is 0.494 e. The van der Waals surface area contributed by atoms with Crippen LogP contribution in [0.3, 0.4) is 0 Å². The normalized spacial score (nSPS) is 25.8. The van der Waals surface area contributed by atoms with Crippen molar-refractivity contribution < 1.29 is 17.9 Å². The Morgan fingerprint density at radius 3 is 2.73 bits per heavy atom. The molecule has 0 amide bonds. The molecular formula is C24H22F3N5O. The fraction of sp³-hybridized carbons (Fsp3) is 0.292. The zero-order chi connectivity index (χ0) is 23.2. The monoisotopic (exact) mass is 453 g/mol. The molecule has 2 aromatic rings. The predicted molar refractivity (Wildman–Crippen MR) is 120 cm³/mol. The van der Waals surface area contributed by atoms with Gasteiger partial charge in [0.05, 0.1) is 13.7 Å². The smallest absolute Gasteiger partial charge is 0.284 e. The van der Waals surface area contributed by atoms with Gasteiger partial charge in [-0.25, -0.2) is 18.2 Å². The molecule has 3 aliphatic rings. The van der Waals surface area contributed by atoms with Gasteiger partial charge >= 0.3 is 0 Å². The summed E-state index contributed by atoms with van der Waals surface area (Å²) in [6, 6.07) is 8.55. The molecule has 0 radical (unpaired) electrons. The highest BCUT2D eigenvalue weighted by atomic mass is 19.3. The van der Waals surface area contributed by atoms with Gasteiger partial charge < -0.3 is 10.5 Å². The molecule has 33 heavy (non-hydrogen) atoms. The molecule has 2 N–H and O–H groups in total. The Morgan fingerprint density at radius 2 is 1.97 bits per heavy atom. The Balaban J connectivity index is 1.62. The van der Waals surface area contributed by atoms with E-state index in [1.807, 2.05) is 18.2 Å². The number of guanidine groups is 1. The number of hydrogen-bond donors (Lipinski definition) is 1. The number of fused-ring (bicyclic) bond motifs is 1. The van der Waals surface area contributed by atoms with Gasteiger partial charge in [0.15, 0.2) is 23.1 Å². The van der Waals surface area contributed by atoms with Crippen LogP contribution in [0, 0.1) is 11.7 Å². The number of benzene rings is 1. The number of rotatable bonds is 4. The van der Waals surface area contributed by atoms with Gasteiger partial charge in [-0.2, -0.15) is 0 Å². The topological polar surface area (TPSA) is 76.1 Å². The van der Waals surface area contributed by atoms with Gasteiger partial charge in [-0.15, -0.1) is 0 Å². The Morgan fingerprint density at radius 1 is 1.18 bits per heavy atom. The third-order valence-electron chi connectivity index (χ3n) is 6.28. The summed E-state index contributed by atoms with van der Waals surface area (Å²) in [7, 11) is 1.42. The van der Waals surface area contributed by atoms with E-state index in [-0.39, 0.29) is 17.6 Å². The first-order chi connectivity index (χ1) is 15.9. The van der Waals surface area contributed by atoms with Gasteiger partial charge in [-0.1, -0.05) is 30.4 Å². The van der Waals surface area contributed by atoms with Crippen LogP contribution >= 0.6 is 0 Å². The molecule has 1 aromatic heterocycles. The number of aromatic nitrogens is 1. The van der Waals surface area contributed by atoms with Crippen molar-refractivity contribution in [3.05, 3.63) is 77.9 Å². The van der Waals surface area contributed by atoms with Crippen LogP contribution in [0.15, 0.2) is 70.9 Å². The summed E-state index contributed by atoms with van der Waals surface area (Å²) < 4.78 is 48.5. The molecule has 5 rings (SSSR count). The van der Waals surface area contributed by atoms with Gasteiger partial charge in [-0.3, -0.25) is 14.9 Å². The summed E-state index contributed by atoms with van der Waals surface area (Å²) >= 11 is 0. The second-order valence-corrected chi connectivity index (χ2v) is 8.26. The molecular weight excluding hydrogens is 431 g/mol. The lowest BCUT2D eigenvalue weighted by Gasteiger charge is -2.39. The summed E-state index contributed by atoms with van der Waals surface area (Å²) in [6.45, 7) is -1.23. The van der Waals surface area contributed by atoms with Crippen molar-refractivity contribution >= 4 is 17.4 Å². The molecule has 0 saturated carbocycles. The number of amidine groups is 1. The lowest BCUT2D eigenvalue weighted by atomic mass is 9.72. The van der Waals surface area contributed by atoms with Crippen molar-refractivity contribution in [2.24, 2.45) is 21.6 Å². The second-order valence-electron chi connectivity index (χ2n) is 8.26. The Hall–Kier alpha value is -3.62. The number of nitrogens with zero attached hydrogens (tertiary/aromatic N) is 4. The third-order valence-corrected chi connectivity index (χ3v) is 6.28. The van der Waals surface area contributed by atoms with E-state index in [9.17, 15) is 8.78 Å². The molecule has 2 atom stereocenters. The van der Waals surface area contributed by atoms with E-state index < -0.39 is 30.4 Å². The third kappa shape index (κ3) is 3.39. The molecule has 0 bridgehead atoms. The van der Waals surface area contributed by atoms with Crippen LogP contribution in [-0.2, 0) is 5.54 Å². The first kappa shape index (κ1) is 21.2. The van der Waals surface area contributed by atoms with Gasteiger partial charge in [-0.05, 0) is 35.8 Å². The summed E-state index contributed by atoms with van der Waals surface area (Å²) in [6.07, 6.45) is 9.24. The standard InChI is InChI=1S/C24H22F3N5O/c1-33-19-7-3-6-18(20(19)25)15-4-2-5-17(12-15)24(16-8-10-29-11-9-16)21-30-13-23(26,27)14-32(21)22(28)31-24/h2-11,17H,12-14H2,1H3,(H2,28,31).